The van der Waals surface area contributed by atoms with E-state index in [9.17, 15) is 4.79 Å². The highest BCUT2D eigenvalue weighted by Gasteiger charge is 2.36. The fraction of sp³-hybridized carbons (Fsp3) is 0.571. The van der Waals surface area contributed by atoms with Crippen molar-refractivity contribution in [3.63, 3.8) is 0 Å². The Morgan fingerprint density at radius 3 is 2.86 bits per heavy atom. The first-order chi connectivity index (χ1) is 13.6. The van der Waals surface area contributed by atoms with Gasteiger partial charge in [-0.15, -0.1) is 0 Å². The van der Waals surface area contributed by atoms with Crippen LogP contribution in [-0.2, 0) is 11.2 Å². The monoisotopic (exact) mass is 400 g/mol. The highest BCUT2D eigenvalue weighted by Crippen LogP contribution is 2.30. The number of benzene rings is 1. The van der Waals surface area contributed by atoms with Crippen LogP contribution >= 0.6 is 11.5 Å². The van der Waals surface area contributed by atoms with Crippen molar-refractivity contribution < 1.29 is 9.53 Å². The van der Waals surface area contributed by atoms with Gasteiger partial charge < -0.3 is 14.5 Å². The van der Waals surface area contributed by atoms with Crippen LogP contribution in [0.15, 0.2) is 24.3 Å². The van der Waals surface area contributed by atoms with Gasteiger partial charge in [0.1, 0.15) is 17.6 Å². The van der Waals surface area contributed by atoms with Gasteiger partial charge in [0.2, 0.25) is 11.0 Å². The van der Waals surface area contributed by atoms with Gasteiger partial charge in [0, 0.05) is 37.6 Å². The molecule has 150 valence electrons. The summed E-state index contributed by atoms with van der Waals surface area (Å²) in [6, 6.07) is 7.91. The third kappa shape index (κ3) is 4.14. The van der Waals surface area contributed by atoms with E-state index < -0.39 is 0 Å². The van der Waals surface area contributed by atoms with Crippen molar-refractivity contribution in [3.8, 4) is 5.75 Å². The Bertz CT molecular complexity index is 816. The number of likely N-dealkylation sites (tertiary alicyclic amines) is 1. The maximum absolute atomic E-state index is 13.1. The topological polar surface area (TPSA) is 58.6 Å². The molecule has 0 radical (unpaired) electrons. The average Bonchev–Trinajstić information content (AvgIpc) is 3.37. The number of amides is 1. The van der Waals surface area contributed by atoms with E-state index in [0.717, 1.165) is 73.5 Å². The van der Waals surface area contributed by atoms with Crippen molar-refractivity contribution in [1.82, 2.24) is 14.3 Å². The summed E-state index contributed by atoms with van der Waals surface area (Å²) < 4.78 is 9.85. The van der Waals surface area contributed by atoms with E-state index in [0.29, 0.717) is 6.42 Å². The van der Waals surface area contributed by atoms with Gasteiger partial charge in [0.15, 0.2) is 0 Å². The van der Waals surface area contributed by atoms with Crippen LogP contribution in [0.1, 0.15) is 44.0 Å². The van der Waals surface area contributed by atoms with Gasteiger partial charge in [0.05, 0.1) is 7.11 Å². The first kappa shape index (κ1) is 19.2. The lowest BCUT2D eigenvalue weighted by molar-refractivity contribution is -0.133. The highest BCUT2D eigenvalue weighted by atomic mass is 32.1. The SMILES string of the molecule is COc1cccc(Cc2nsc(N3CCC[C@@H]3C(=O)N3CCC(C)CC3)n2)c1. The van der Waals surface area contributed by atoms with Gasteiger partial charge in [0.25, 0.3) is 0 Å². The molecule has 2 aliphatic heterocycles. The zero-order chi connectivity index (χ0) is 19.5. The lowest BCUT2D eigenvalue weighted by Crippen LogP contribution is -2.48. The molecule has 2 fully saturated rings. The van der Waals surface area contributed by atoms with Crippen molar-refractivity contribution in [2.45, 2.75) is 45.1 Å². The van der Waals surface area contributed by atoms with Gasteiger partial charge >= 0.3 is 0 Å². The summed E-state index contributed by atoms with van der Waals surface area (Å²) in [5.74, 6) is 2.65. The van der Waals surface area contributed by atoms with Crippen molar-refractivity contribution >= 4 is 22.6 Å². The fourth-order valence-corrected chi connectivity index (χ4v) is 4.85. The molecule has 0 bridgehead atoms. The standard InChI is InChI=1S/C21H28N4O2S/c1-15-8-11-24(12-9-15)20(26)18-7-4-10-25(18)21-22-19(23-28-21)14-16-5-3-6-17(13-16)27-2/h3,5-6,13,15,18H,4,7-12,14H2,1-2H3/t18-/m1/s1. The second-order valence-electron chi connectivity index (χ2n) is 7.88. The first-order valence-corrected chi connectivity index (χ1v) is 10.9. The number of rotatable bonds is 5. The Hall–Kier alpha value is -2.15. The molecular weight excluding hydrogens is 372 g/mol. The largest absolute Gasteiger partial charge is 0.497 e. The zero-order valence-corrected chi connectivity index (χ0v) is 17.5. The smallest absolute Gasteiger partial charge is 0.245 e. The molecule has 0 aliphatic carbocycles. The quantitative estimate of drug-likeness (QED) is 0.770. The number of carbonyl (C=O) groups excluding carboxylic acids is 1. The predicted molar refractivity (Wildman–Crippen MR) is 111 cm³/mol. The maximum Gasteiger partial charge on any atom is 0.245 e. The van der Waals surface area contributed by atoms with Crippen LogP contribution in [0.25, 0.3) is 0 Å². The highest BCUT2D eigenvalue weighted by molar-refractivity contribution is 7.09. The minimum atomic E-state index is -0.0778. The molecule has 1 amide bonds. The molecule has 2 aliphatic rings. The van der Waals surface area contributed by atoms with Gasteiger partial charge in [-0.3, -0.25) is 4.79 Å². The van der Waals surface area contributed by atoms with Gasteiger partial charge in [-0.05, 0) is 49.3 Å². The molecular formula is C21H28N4O2S. The molecule has 0 saturated carbocycles. The number of ether oxygens (including phenoxy) is 1. The number of piperidine rings is 1. The molecule has 2 aromatic rings. The van der Waals surface area contributed by atoms with E-state index in [1.165, 1.54) is 11.5 Å². The van der Waals surface area contributed by atoms with Crippen LogP contribution in [0.2, 0.25) is 0 Å². The van der Waals surface area contributed by atoms with Gasteiger partial charge in [-0.25, -0.2) is 4.98 Å². The number of hydrogen-bond acceptors (Lipinski definition) is 6. The summed E-state index contributed by atoms with van der Waals surface area (Å²) in [6.45, 7) is 4.94. The summed E-state index contributed by atoms with van der Waals surface area (Å²) in [4.78, 5) is 22.1. The van der Waals surface area contributed by atoms with E-state index >= 15 is 0 Å². The van der Waals surface area contributed by atoms with Crippen molar-refractivity contribution in [3.05, 3.63) is 35.7 Å². The third-order valence-electron chi connectivity index (χ3n) is 5.83. The van der Waals surface area contributed by atoms with Crippen LogP contribution in [0, 0.1) is 5.92 Å². The van der Waals surface area contributed by atoms with Crippen molar-refractivity contribution in [2.24, 2.45) is 5.92 Å². The molecule has 0 spiro atoms. The summed E-state index contributed by atoms with van der Waals surface area (Å²) >= 11 is 1.41. The second kappa shape index (κ2) is 8.47. The molecule has 1 aromatic heterocycles. The lowest BCUT2D eigenvalue weighted by Gasteiger charge is -2.34. The first-order valence-electron chi connectivity index (χ1n) is 10.1. The number of nitrogens with zero attached hydrogens (tertiary/aromatic N) is 4. The van der Waals surface area contributed by atoms with Crippen LogP contribution in [0.5, 0.6) is 5.75 Å². The van der Waals surface area contributed by atoms with Crippen LogP contribution < -0.4 is 9.64 Å². The Labute approximate surface area is 170 Å². The number of carbonyl (C=O) groups is 1. The molecule has 2 saturated heterocycles. The van der Waals surface area contributed by atoms with Crippen LogP contribution in [0.4, 0.5) is 5.13 Å². The van der Waals surface area contributed by atoms with E-state index in [-0.39, 0.29) is 11.9 Å². The summed E-state index contributed by atoms with van der Waals surface area (Å²) in [5, 5.41) is 0.874. The zero-order valence-electron chi connectivity index (χ0n) is 16.6. The minimum absolute atomic E-state index is 0.0778. The summed E-state index contributed by atoms with van der Waals surface area (Å²) in [6.07, 6.45) is 4.84. The van der Waals surface area contributed by atoms with Crippen LogP contribution in [-0.4, -0.2) is 53.0 Å². The number of anilines is 1. The predicted octanol–water partition coefficient (Wildman–Crippen LogP) is 3.36. The van der Waals surface area contributed by atoms with E-state index in [1.54, 1.807) is 7.11 Å². The molecule has 28 heavy (non-hydrogen) atoms. The maximum atomic E-state index is 13.1. The molecule has 7 heteroatoms. The molecule has 6 nitrogen and oxygen atoms in total. The van der Waals surface area contributed by atoms with Gasteiger partial charge in [-0.1, -0.05) is 19.1 Å². The molecule has 1 aromatic carbocycles. The van der Waals surface area contributed by atoms with Gasteiger partial charge in [-0.2, -0.15) is 4.37 Å². The second-order valence-corrected chi connectivity index (χ2v) is 8.61. The lowest BCUT2D eigenvalue weighted by atomic mass is 9.98. The number of aromatic nitrogens is 2. The molecule has 3 heterocycles. The Morgan fingerprint density at radius 2 is 2.07 bits per heavy atom. The Balaban J connectivity index is 1.44. The number of methoxy groups -OCH3 is 1. The Kier molecular flexibility index (Phi) is 5.80. The third-order valence-corrected chi connectivity index (χ3v) is 6.62. The van der Waals surface area contributed by atoms with E-state index in [1.807, 2.05) is 18.2 Å². The average molecular weight is 401 g/mol. The Morgan fingerprint density at radius 1 is 1.25 bits per heavy atom. The molecule has 1 atom stereocenters. The molecule has 0 unspecified atom stereocenters. The normalized spacial score (nSPS) is 20.6. The fourth-order valence-electron chi connectivity index (χ4n) is 4.09. The van der Waals surface area contributed by atoms with Crippen molar-refractivity contribution in [2.75, 3.05) is 31.6 Å². The summed E-state index contributed by atoms with van der Waals surface area (Å²) in [5.41, 5.74) is 1.13. The number of hydrogen-bond donors (Lipinski definition) is 0. The molecule has 0 N–H and O–H groups in total. The van der Waals surface area contributed by atoms with E-state index in [4.69, 9.17) is 9.72 Å². The summed E-state index contributed by atoms with van der Waals surface area (Å²) in [7, 11) is 1.67. The molecule has 4 rings (SSSR count). The van der Waals surface area contributed by atoms with E-state index in [2.05, 4.69) is 27.2 Å². The van der Waals surface area contributed by atoms with Crippen molar-refractivity contribution in [1.29, 1.82) is 0 Å². The van der Waals surface area contributed by atoms with Crippen LogP contribution in [0.3, 0.4) is 0 Å². The minimum Gasteiger partial charge on any atom is -0.497 e.